The Labute approximate surface area is 172 Å². The average Bonchev–Trinajstić information content (AvgIpc) is 3.27. The number of Topliss-reactive ketones (excluding diaryl/α,β-unsaturated/α-hetero) is 1. The molecule has 0 bridgehead atoms. The summed E-state index contributed by atoms with van der Waals surface area (Å²) in [5.74, 6) is 0.635. The van der Waals surface area contributed by atoms with Crippen LogP contribution in [0.1, 0.15) is 23.2 Å². The van der Waals surface area contributed by atoms with Crippen molar-refractivity contribution in [3.8, 4) is 5.75 Å². The highest BCUT2D eigenvalue weighted by Crippen LogP contribution is 2.24. The van der Waals surface area contributed by atoms with E-state index in [2.05, 4.69) is 4.98 Å². The minimum Gasteiger partial charge on any atom is -0.496 e. The maximum atomic E-state index is 13.1. The quantitative estimate of drug-likeness (QED) is 0.337. The molecule has 1 aliphatic heterocycles. The fraction of sp³-hybridized carbons (Fsp3) is 0.318. The molecule has 1 fully saturated rings. The van der Waals surface area contributed by atoms with Gasteiger partial charge in [-0.1, -0.05) is 36.0 Å². The van der Waals surface area contributed by atoms with Crippen molar-refractivity contribution in [1.29, 1.82) is 0 Å². The van der Waals surface area contributed by atoms with E-state index in [0.717, 1.165) is 19.4 Å². The number of ether oxygens (including phenoxy) is 2. The summed E-state index contributed by atoms with van der Waals surface area (Å²) in [5.41, 5.74) is 1.06. The molecule has 0 amide bonds. The molecule has 2 heterocycles. The van der Waals surface area contributed by atoms with E-state index >= 15 is 0 Å². The Bertz CT molecular complexity index is 1090. The highest BCUT2D eigenvalue weighted by Gasteiger charge is 2.21. The fourth-order valence-electron chi connectivity index (χ4n) is 3.49. The number of hydrogen-bond donors (Lipinski definition) is 0. The van der Waals surface area contributed by atoms with Gasteiger partial charge in [-0.15, -0.1) is 0 Å². The molecule has 6 nitrogen and oxygen atoms in total. The molecule has 4 rings (SSSR count). The standard InChI is InChI=1S/C22H22N2O4S/c1-27-20-11-5-3-9-17(20)19(25)14-29-22-23-18-10-4-2-8-16(18)21(26)24(22)13-15-7-6-12-28-15/h2-5,8-11,15H,6-7,12-14H2,1H3/t15-/m1/s1. The van der Waals surface area contributed by atoms with Crippen molar-refractivity contribution >= 4 is 28.4 Å². The second-order valence-corrected chi connectivity index (χ2v) is 7.82. The van der Waals surface area contributed by atoms with Crippen LogP contribution in [0.25, 0.3) is 10.9 Å². The highest BCUT2D eigenvalue weighted by atomic mass is 32.2. The van der Waals surface area contributed by atoms with E-state index in [0.29, 0.717) is 33.9 Å². The van der Waals surface area contributed by atoms with Crippen LogP contribution in [-0.4, -0.2) is 40.9 Å². The number of ketones is 1. The highest BCUT2D eigenvalue weighted by molar-refractivity contribution is 7.99. The lowest BCUT2D eigenvalue weighted by Gasteiger charge is -2.16. The van der Waals surface area contributed by atoms with Gasteiger partial charge in [0.05, 0.1) is 42.0 Å². The first-order valence-electron chi connectivity index (χ1n) is 9.57. The lowest BCUT2D eigenvalue weighted by atomic mass is 10.1. The van der Waals surface area contributed by atoms with E-state index in [1.54, 1.807) is 29.9 Å². The van der Waals surface area contributed by atoms with Gasteiger partial charge in [-0.3, -0.25) is 14.2 Å². The normalized spacial score (nSPS) is 16.2. The number of fused-ring (bicyclic) bond motifs is 1. The van der Waals surface area contributed by atoms with Crippen LogP contribution in [-0.2, 0) is 11.3 Å². The summed E-state index contributed by atoms with van der Waals surface area (Å²) in [7, 11) is 1.55. The number of para-hydroxylation sites is 2. The van der Waals surface area contributed by atoms with Gasteiger partial charge in [-0.25, -0.2) is 4.98 Å². The zero-order chi connectivity index (χ0) is 20.2. The van der Waals surface area contributed by atoms with Crippen molar-refractivity contribution in [2.24, 2.45) is 0 Å². The molecule has 0 aliphatic carbocycles. The topological polar surface area (TPSA) is 70.4 Å². The second-order valence-electron chi connectivity index (χ2n) is 6.87. The molecule has 2 aromatic carbocycles. The lowest BCUT2D eigenvalue weighted by molar-refractivity contribution is 0.0937. The van der Waals surface area contributed by atoms with E-state index < -0.39 is 0 Å². The van der Waals surface area contributed by atoms with Crippen molar-refractivity contribution in [1.82, 2.24) is 9.55 Å². The summed E-state index contributed by atoms with van der Waals surface area (Å²) in [6, 6.07) is 14.4. The summed E-state index contributed by atoms with van der Waals surface area (Å²) in [6.45, 7) is 1.16. The van der Waals surface area contributed by atoms with Crippen molar-refractivity contribution in [2.75, 3.05) is 19.5 Å². The Morgan fingerprint density at radius 2 is 2.03 bits per heavy atom. The van der Waals surface area contributed by atoms with Gasteiger partial charge in [-0.05, 0) is 37.1 Å². The fourth-order valence-corrected chi connectivity index (χ4v) is 4.39. The number of hydrogen-bond acceptors (Lipinski definition) is 6. The van der Waals surface area contributed by atoms with Gasteiger partial charge in [0, 0.05) is 6.61 Å². The molecule has 0 N–H and O–H groups in total. The molecule has 0 unspecified atom stereocenters. The predicted octanol–water partition coefficient (Wildman–Crippen LogP) is 3.56. The smallest absolute Gasteiger partial charge is 0.262 e. The molecule has 0 saturated carbocycles. The monoisotopic (exact) mass is 410 g/mol. The van der Waals surface area contributed by atoms with Crippen LogP contribution in [0.2, 0.25) is 0 Å². The molecule has 7 heteroatoms. The van der Waals surface area contributed by atoms with E-state index in [9.17, 15) is 9.59 Å². The maximum Gasteiger partial charge on any atom is 0.262 e. The predicted molar refractivity (Wildman–Crippen MR) is 113 cm³/mol. The molecule has 1 aromatic heterocycles. The minimum atomic E-state index is -0.0988. The molecule has 0 spiro atoms. The summed E-state index contributed by atoms with van der Waals surface area (Å²) < 4.78 is 12.7. The molecule has 1 atom stereocenters. The molecular weight excluding hydrogens is 388 g/mol. The summed E-state index contributed by atoms with van der Waals surface area (Å²) >= 11 is 1.27. The molecule has 3 aromatic rings. The van der Waals surface area contributed by atoms with Crippen molar-refractivity contribution in [2.45, 2.75) is 30.6 Å². The van der Waals surface area contributed by atoms with Crippen molar-refractivity contribution in [3.63, 3.8) is 0 Å². The average molecular weight is 410 g/mol. The van der Waals surface area contributed by atoms with Crippen molar-refractivity contribution < 1.29 is 14.3 Å². The molecule has 0 radical (unpaired) electrons. The number of benzene rings is 2. The molecular formula is C22H22N2O4S. The molecule has 150 valence electrons. The molecule has 29 heavy (non-hydrogen) atoms. The third kappa shape index (κ3) is 4.21. The zero-order valence-electron chi connectivity index (χ0n) is 16.2. The first-order valence-corrected chi connectivity index (χ1v) is 10.6. The number of thioether (sulfide) groups is 1. The van der Waals surface area contributed by atoms with Crippen LogP contribution >= 0.6 is 11.8 Å². The first kappa shape index (κ1) is 19.7. The SMILES string of the molecule is COc1ccccc1C(=O)CSc1nc2ccccc2c(=O)n1C[C@H]1CCCO1. The van der Waals surface area contributed by atoms with Gasteiger partial charge in [0.2, 0.25) is 0 Å². The van der Waals surface area contributed by atoms with Crippen molar-refractivity contribution in [3.05, 3.63) is 64.4 Å². The summed E-state index contributed by atoms with van der Waals surface area (Å²) in [4.78, 5) is 30.5. The van der Waals surface area contributed by atoms with Gasteiger partial charge in [0.25, 0.3) is 5.56 Å². The van der Waals surface area contributed by atoms with Gasteiger partial charge in [-0.2, -0.15) is 0 Å². The maximum absolute atomic E-state index is 13.1. The van der Waals surface area contributed by atoms with E-state index in [-0.39, 0.29) is 23.2 Å². The van der Waals surface area contributed by atoms with E-state index in [1.807, 2.05) is 30.3 Å². The van der Waals surface area contributed by atoms with Crippen LogP contribution in [0, 0.1) is 0 Å². The van der Waals surface area contributed by atoms with Gasteiger partial charge < -0.3 is 9.47 Å². The number of rotatable bonds is 7. The number of nitrogens with zero attached hydrogens (tertiary/aromatic N) is 2. The third-order valence-corrected chi connectivity index (χ3v) is 5.95. The Morgan fingerprint density at radius 1 is 1.24 bits per heavy atom. The largest absolute Gasteiger partial charge is 0.496 e. The van der Waals surface area contributed by atoms with Crippen LogP contribution in [0.5, 0.6) is 5.75 Å². The molecule has 1 saturated heterocycles. The third-order valence-electron chi connectivity index (χ3n) is 4.98. The summed E-state index contributed by atoms with van der Waals surface area (Å²) in [6.07, 6.45) is 1.92. The zero-order valence-corrected chi connectivity index (χ0v) is 17.0. The second kappa shape index (κ2) is 8.80. The Kier molecular flexibility index (Phi) is 5.97. The first-order chi connectivity index (χ1) is 14.2. The van der Waals surface area contributed by atoms with Crippen LogP contribution < -0.4 is 10.3 Å². The number of carbonyl (C=O) groups is 1. The lowest BCUT2D eigenvalue weighted by Crippen LogP contribution is -2.29. The van der Waals surface area contributed by atoms with Crippen LogP contribution in [0.15, 0.2) is 58.5 Å². The Balaban J connectivity index is 1.64. The number of carbonyl (C=O) groups excluding carboxylic acids is 1. The van der Waals surface area contributed by atoms with E-state index in [1.165, 1.54) is 11.8 Å². The Hall–Kier alpha value is -2.64. The van der Waals surface area contributed by atoms with Crippen LogP contribution in [0.3, 0.4) is 0 Å². The number of aromatic nitrogens is 2. The van der Waals surface area contributed by atoms with E-state index in [4.69, 9.17) is 9.47 Å². The molecule has 1 aliphatic rings. The van der Waals surface area contributed by atoms with Crippen LogP contribution in [0.4, 0.5) is 0 Å². The van der Waals surface area contributed by atoms with Gasteiger partial charge >= 0.3 is 0 Å². The minimum absolute atomic E-state index is 0.0000638. The van der Waals surface area contributed by atoms with Gasteiger partial charge in [0.1, 0.15) is 5.75 Å². The summed E-state index contributed by atoms with van der Waals surface area (Å²) in [5, 5.41) is 1.11. The Morgan fingerprint density at radius 3 is 2.83 bits per heavy atom. The van der Waals surface area contributed by atoms with Gasteiger partial charge in [0.15, 0.2) is 10.9 Å². The number of methoxy groups -OCH3 is 1.